The molecule has 0 spiro atoms. The largest absolute Gasteiger partial charge is 0.375 e. The molecule has 1 N–H and O–H groups in total. The van der Waals surface area contributed by atoms with E-state index in [9.17, 15) is 0 Å². The van der Waals surface area contributed by atoms with Crippen LogP contribution in [0.25, 0.3) is 0 Å². The monoisotopic (exact) mass is 592 g/mol. The van der Waals surface area contributed by atoms with Crippen molar-refractivity contribution in [1.82, 2.24) is 24.9 Å². The maximum Gasteiger partial charge on any atom is 0.118 e. The van der Waals surface area contributed by atoms with Crippen LogP contribution in [0.3, 0.4) is 0 Å². The third kappa shape index (κ3) is 6.77. The number of likely N-dealkylation sites (tertiary alicyclic amines) is 2. The van der Waals surface area contributed by atoms with E-state index in [0.717, 1.165) is 58.8 Å². The first-order valence-electron chi connectivity index (χ1n) is 17.3. The molecule has 4 saturated heterocycles. The minimum absolute atomic E-state index is 0.0322. The summed E-state index contributed by atoms with van der Waals surface area (Å²) in [6.07, 6.45) is 3.68. The van der Waals surface area contributed by atoms with Crippen LogP contribution in [0.15, 0.2) is 0 Å². The molecule has 0 aromatic rings. The topological polar surface area (TPSA) is 34.2 Å². The summed E-state index contributed by atoms with van der Waals surface area (Å²) in [7, 11) is 0. The second kappa shape index (κ2) is 11.5. The maximum atomic E-state index is 15.9. The number of hydrogen-bond donors (Lipinski definition) is 1. The van der Waals surface area contributed by atoms with Gasteiger partial charge in [-0.15, -0.1) is 0 Å². The third-order valence-corrected chi connectivity index (χ3v) is 11.6. The summed E-state index contributed by atoms with van der Waals surface area (Å²) in [5.74, 6) is 0. The molecular weight excluding hydrogens is 525 g/mol. The fraction of sp³-hybridized carbons (Fsp3) is 1.00. The Morgan fingerprint density at radius 2 is 1.45 bits per heavy atom. The van der Waals surface area contributed by atoms with Crippen LogP contribution >= 0.6 is 0 Å². The third-order valence-electron chi connectivity index (χ3n) is 11.6. The lowest BCUT2D eigenvalue weighted by molar-refractivity contribution is -0.0781. The minimum Gasteiger partial charge on any atom is -0.375 e. The van der Waals surface area contributed by atoms with Gasteiger partial charge in [-0.2, -0.15) is 0 Å². The first-order chi connectivity index (χ1) is 19.3. The van der Waals surface area contributed by atoms with Crippen LogP contribution in [0.1, 0.15) is 102 Å². The van der Waals surface area contributed by atoms with Gasteiger partial charge in [0, 0.05) is 87.0 Å². The molecule has 5 fully saturated rings. The zero-order valence-electron chi connectivity index (χ0n) is 29.2. The number of morpholine rings is 1. The molecule has 1 saturated carbocycles. The Hall–Kier alpha value is -0.310. The van der Waals surface area contributed by atoms with Crippen molar-refractivity contribution < 1.29 is 9.13 Å². The highest BCUT2D eigenvalue weighted by Crippen LogP contribution is 2.64. The molecule has 5 rings (SSSR count). The molecule has 244 valence electrons. The van der Waals surface area contributed by atoms with Gasteiger partial charge in [-0.3, -0.25) is 19.6 Å². The molecule has 42 heavy (non-hydrogen) atoms. The quantitative estimate of drug-likeness (QED) is 0.435. The highest BCUT2D eigenvalue weighted by atomic mass is 19.1. The van der Waals surface area contributed by atoms with Crippen LogP contribution in [0.4, 0.5) is 4.39 Å². The van der Waals surface area contributed by atoms with Crippen molar-refractivity contribution in [3.63, 3.8) is 0 Å². The maximum absolute atomic E-state index is 15.9. The number of hydrogen-bond acceptors (Lipinski definition) is 6. The average Bonchev–Trinajstić information content (AvgIpc) is 3.23. The van der Waals surface area contributed by atoms with E-state index in [4.69, 9.17) is 4.74 Å². The average molecular weight is 592 g/mol. The van der Waals surface area contributed by atoms with Crippen molar-refractivity contribution in [3.8, 4) is 0 Å². The van der Waals surface area contributed by atoms with E-state index in [1.54, 1.807) is 0 Å². The van der Waals surface area contributed by atoms with Crippen LogP contribution in [0.2, 0.25) is 0 Å². The van der Waals surface area contributed by atoms with Crippen LogP contribution in [0.5, 0.6) is 0 Å². The number of halogens is 1. The van der Waals surface area contributed by atoms with E-state index in [1.807, 2.05) is 0 Å². The number of rotatable bonds is 7. The van der Waals surface area contributed by atoms with Crippen molar-refractivity contribution in [3.05, 3.63) is 0 Å². The summed E-state index contributed by atoms with van der Waals surface area (Å²) < 4.78 is 22.4. The van der Waals surface area contributed by atoms with Crippen molar-refractivity contribution in [1.29, 1.82) is 0 Å². The van der Waals surface area contributed by atoms with E-state index in [1.165, 1.54) is 19.4 Å². The summed E-state index contributed by atoms with van der Waals surface area (Å²) >= 11 is 0. The van der Waals surface area contributed by atoms with Gasteiger partial charge in [0.15, 0.2) is 0 Å². The van der Waals surface area contributed by atoms with Gasteiger partial charge in [0.2, 0.25) is 0 Å². The first-order valence-corrected chi connectivity index (χ1v) is 17.3. The zero-order chi connectivity index (χ0) is 30.9. The second-order valence-corrected chi connectivity index (χ2v) is 18.6. The molecule has 7 heteroatoms. The Labute approximate surface area is 258 Å². The number of piperazine rings is 1. The lowest BCUT2D eigenvalue weighted by Gasteiger charge is -2.50. The van der Waals surface area contributed by atoms with Crippen LogP contribution < -0.4 is 5.32 Å². The molecule has 0 bridgehead atoms. The molecule has 7 atom stereocenters. The summed E-state index contributed by atoms with van der Waals surface area (Å²) in [4.78, 5) is 10.7. The van der Waals surface area contributed by atoms with Crippen LogP contribution in [-0.2, 0) is 4.74 Å². The highest BCUT2D eigenvalue weighted by molar-refractivity contribution is 5.21. The van der Waals surface area contributed by atoms with Crippen molar-refractivity contribution in [2.24, 2.45) is 16.2 Å². The Kier molecular flexibility index (Phi) is 9.05. The lowest BCUT2D eigenvalue weighted by atomic mass is 9.80. The molecule has 4 aliphatic heterocycles. The van der Waals surface area contributed by atoms with Gasteiger partial charge in [-0.25, -0.2) is 4.39 Å². The van der Waals surface area contributed by atoms with Gasteiger partial charge in [0.05, 0.1) is 18.8 Å². The van der Waals surface area contributed by atoms with Gasteiger partial charge in [0.25, 0.3) is 0 Å². The molecule has 0 aromatic heterocycles. The molecule has 6 nitrogen and oxygen atoms in total. The summed E-state index contributed by atoms with van der Waals surface area (Å²) in [5.41, 5.74) is 0.821. The molecule has 4 heterocycles. The predicted octanol–water partition coefficient (Wildman–Crippen LogP) is 5.27. The van der Waals surface area contributed by atoms with Crippen molar-refractivity contribution >= 4 is 0 Å². The minimum atomic E-state index is -0.776. The number of piperidine rings is 1. The van der Waals surface area contributed by atoms with E-state index in [-0.39, 0.29) is 34.7 Å². The molecule has 0 radical (unpaired) electrons. The molecular formula is C35H66FN5O. The molecule has 4 unspecified atom stereocenters. The normalized spacial score (nSPS) is 38.3. The van der Waals surface area contributed by atoms with E-state index in [2.05, 4.69) is 101 Å². The Balaban J connectivity index is 1.27. The zero-order valence-corrected chi connectivity index (χ0v) is 29.2. The summed E-state index contributed by atoms with van der Waals surface area (Å²) in [5, 5.41) is 3.46. The summed E-state index contributed by atoms with van der Waals surface area (Å²) in [6.45, 7) is 35.1. The van der Waals surface area contributed by atoms with Gasteiger partial charge < -0.3 is 10.1 Å². The molecule has 1 aliphatic carbocycles. The number of nitrogens with zero attached hydrogens (tertiary/aromatic N) is 4. The van der Waals surface area contributed by atoms with E-state index in [0.29, 0.717) is 29.3 Å². The fourth-order valence-corrected chi connectivity index (χ4v) is 9.58. The second-order valence-electron chi connectivity index (χ2n) is 18.6. The van der Waals surface area contributed by atoms with E-state index >= 15 is 4.39 Å². The number of ether oxygens (including phenoxy) is 1. The Morgan fingerprint density at radius 3 is 2.02 bits per heavy atom. The molecule has 5 aliphatic rings. The Bertz CT molecular complexity index is 931. The summed E-state index contributed by atoms with van der Waals surface area (Å²) in [6, 6.07) is 1.53. The van der Waals surface area contributed by atoms with Gasteiger partial charge in [-0.1, -0.05) is 41.5 Å². The highest BCUT2D eigenvalue weighted by Gasteiger charge is 2.68. The van der Waals surface area contributed by atoms with Crippen molar-refractivity contribution in [2.45, 2.75) is 149 Å². The fourth-order valence-electron chi connectivity index (χ4n) is 9.58. The standard InChI is InChI=1S/C35H66FN5O/c1-31(2,3)28-18-26(36)27(23-38-14-12-37-13-15-38)40(28)34(10,11)19-25-22-39(16-17-42-25)24-35-20-29(32(4,5)6)41(30(35)21-35)33(7,8)9/h25-30,37H,12-24H2,1-11H3/t25?,26-,27?,28+,29+,30?,35?/m1/s1. The molecule has 0 aromatic carbocycles. The van der Waals surface area contributed by atoms with Gasteiger partial charge in [-0.05, 0) is 71.1 Å². The predicted molar refractivity (Wildman–Crippen MR) is 173 cm³/mol. The molecule has 0 amide bonds. The number of fused-ring (bicyclic) bond motifs is 1. The number of nitrogens with one attached hydrogen (secondary N) is 1. The first kappa shape index (κ1) is 33.1. The van der Waals surface area contributed by atoms with Gasteiger partial charge >= 0.3 is 0 Å². The number of alkyl halides is 1. The lowest BCUT2D eigenvalue weighted by Crippen LogP contribution is -2.60. The SMILES string of the molecule is CC(C)(C)[C@@H]1CC2(CN3CCOC(CC(C)(C)N4C(CN5CCNCC5)[C@H](F)C[C@H]4C(C)(C)C)C3)CC2N1C(C)(C)C. The van der Waals surface area contributed by atoms with Crippen LogP contribution in [0, 0.1) is 16.2 Å². The smallest absolute Gasteiger partial charge is 0.118 e. The van der Waals surface area contributed by atoms with Crippen LogP contribution in [-0.4, -0.2) is 126 Å². The Morgan fingerprint density at radius 1 is 0.810 bits per heavy atom. The van der Waals surface area contributed by atoms with Crippen molar-refractivity contribution in [2.75, 3.05) is 59.0 Å². The van der Waals surface area contributed by atoms with E-state index < -0.39 is 6.17 Å². The van der Waals surface area contributed by atoms with Gasteiger partial charge in [0.1, 0.15) is 6.17 Å².